The monoisotopic (exact) mass is 401 g/mol. The van der Waals surface area contributed by atoms with Crippen molar-refractivity contribution >= 4 is 33.7 Å². The molecule has 5 aromatic rings. The van der Waals surface area contributed by atoms with Gasteiger partial charge in [-0.15, -0.1) is 0 Å². The van der Waals surface area contributed by atoms with Crippen molar-refractivity contribution in [1.29, 1.82) is 0 Å². The second kappa shape index (κ2) is 8.28. The summed E-state index contributed by atoms with van der Waals surface area (Å²) >= 11 is 0. The molecule has 0 atom stereocenters. The quantitative estimate of drug-likeness (QED) is 0.339. The molecular weight excluding hydrogens is 382 g/mol. The Morgan fingerprint density at radius 1 is 0.710 bits per heavy atom. The van der Waals surface area contributed by atoms with E-state index < -0.39 is 0 Å². The van der Waals surface area contributed by atoms with E-state index in [-0.39, 0.29) is 5.78 Å². The minimum atomic E-state index is 0.158. The lowest BCUT2D eigenvalue weighted by atomic mass is 9.99. The Labute approximate surface area is 179 Å². The fourth-order valence-electron chi connectivity index (χ4n) is 3.57. The van der Waals surface area contributed by atoms with Crippen LogP contribution in [0.15, 0.2) is 97.2 Å². The molecular formula is C27H19N3O. The zero-order chi connectivity index (χ0) is 21.0. The lowest BCUT2D eigenvalue weighted by Crippen LogP contribution is -2.06. The Hall–Kier alpha value is -4.18. The molecule has 0 amide bonds. The molecule has 148 valence electrons. The zero-order valence-electron chi connectivity index (χ0n) is 16.8. The van der Waals surface area contributed by atoms with Crippen LogP contribution in [-0.4, -0.2) is 20.7 Å². The Bertz CT molecular complexity index is 1420. The van der Waals surface area contributed by atoms with E-state index in [2.05, 4.69) is 15.0 Å². The molecule has 0 bridgehead atoms. The topological polar surface area (TPSA) is 55.7 Å². The molecule has 3 aromatic carbocycles. The average Bonchev–Trinajstić information content (AvgIpc) is 2.84. The van der Waals surface area contributed by atoms with Crippen molar-refractivity contribution in [2.75, 3.05) is 0 Å². The molecule has 0 aliphatic heterocycles. The molecule has 0 unspecified atom stereocenters. The third-order valence-corrected chi connectivity index (χ3v) is 5.15. The zero-order valence-corrected chi connectivity index (χ0v) is 16.8. The first-order valence-corrected chi connectivity index (χ1v) is 10.1. The van der Waals surface area contributed by atoms with Gasteiger partial charge in [-0.3, -0.25) is 4.79 Å². The largest absolute Gasteiger partial charge is 0.294 e. The number of carbonyl (C=O) groups is 1. The molecule has 4 nitrogen and oxygen atoms in total. The highest BCUT2D eigenvalue weighted by molar-refractivity contribution is 6.04. The molecule has 6 rings (SSSR count). The lowest BCUT2D eigenvalue weighted by molar-refractivity contribution is 0.0994. The molecule has 0 N–H and O–H groups in total. The minimum absolute atomic E-state index is 0.158. The van der Waals surface area contributed by atoms with E-state index in [1.165, 1.54) is 0 Å². The number of ketones is 1. The van der Waals surface area contributed by atoms with Gasteiger partial charge in [0.1, 0.15) is 0 Å². The van der Waals surface area contributed by atoms with Crippen LogP contribution in [0.3, 0.4) is 0 Å². The number of aromatic nitrogens is 3. The molecule has 0 saturated carbocycles. The number of hydrogen-bond donors (Lipinski definition) is 0. The summed E-state index contributed by atoms with van der Waals surface area (Å²) in [5, 5.41) is 2.10. The fourth-order valence-corrected chi connectivity index (χ4v) is 3.57. The summed E-state index contributed by atoms with van der Waals surface area (Å²) in [4.78, 5) is 25.0. The Balaban J connectivity index is 0.000000132. The van der Waals surface area contributed by atoms with Gasteiger partial charge in [0.15, 0.2) is 11.6 Å². The van der Waals surface area contributed by atoms with E-state index in [0.29, 0.717) is 6.42 Å². The third-order valence-electron chi connectivity index (χ3n) is 5.15. The van der Waals surface area contributed by atoms with E-state index in [1.807, 2.05) is 103 Å². The second-order valence-corrected chi connectivity index (χ2v) is 7.26. The van der Waals surface area contributed by atoms with Crippen LogP contribution in [0.1, 0.15) is 22.5 Å². The van der Waals surface area contributed by atoms with Gasteiger partial charge in [-0.25, -0.2) is 15.0 Å². The number of nitrogens with zero attached hydrogens (tertiary/aromatic N) is 3. The van der Waals surface area contributed by atoms with Crippen molar-refractivity contribution in [3.63, 3.8) is 0 Å². The van der Waals surface area contributed by atoms with Gasteiger partial charge >= 0.3 is 0 Å². The van der Waals surface area contributed by atoms with Gasteiger partial charge in [0.05, 0.1) is 16.7 Å². The maximum Gasteiger partial charge on any atom is 0.168 e. The van der Waals surface area contributed by atoms with Crippen LogP contribution in [0.4, 0.5) is 0 Å². The third kappa shape index (κ3) is 3.96. The summed E-state index contributed by atoms with van der Waals surface area (Å²) in [6.45, 7) is 0. The minimum Gasteiger partial charge on any atom is -0.294 e. The molecule has 1 aliphatic rings. The number of pyridine rings is 1. The number of rotatable bonds is 1. The molecule has 4 heteroatoms. The second-order valence-electron chi connectivity index (χ2n) is 7.26. The van der Waals surface area contributed by atoms with Crippen LogP contribution in [0.25, 0.3) is 39.3 Å². The number of allylic oxidation sites excluding steroid dienone is 1. The summed E-state index contributed by atoms with van der Waals surface area (Å²) in [5.41, 5.74) is 4.52. The first-order chi connectivity index (χ1) is 15.3. The molecule has 31 heavy (non-hydrogen) atoms. The first-order valence-electron chi connectivity index (χ1n) is 10.1. The highest BCUT2D eigenvalue weighted by atomic mass is 16.1. The lowest BCUT2D eigenvalue weighted by Gasteiger charge is -2.09. The van der Waals surface area contributed by atoms with Crippen molar-refractivity contribution < 1.29 is 4.79 Å². The predicted octanol–water partition coefficient (Wildman–Crippen LogP) is 6.13. The SMILES string of the molecule is O=C1CC=Cc2nc3ccccc3cc21.c1ccc(-c2ncc3ccccc3n2)cc1. The average molecular weight is 401 g/mol. The van der Waals surface area contributed by atoms with Crippen molar-refractivity contribution in [3.8, 4) is 11.4 Å². The highest BCUT2D eigenvalue weighted by Crippen LogP contribution is 2.22. The van der Waals surface area contributed by atoms with Crippen molar-refractivity contribution in [2.45, 2.75) is 6.42 Å². The van der Waals surface area contributed by atoms with E-state index >= 15 is 0 Å². The molecule has 2 heterocycles. The van der Waals surface area contributed by atoms with Crippen LogP contribution >= 0.6 is 0 Å². The molecule has 0 radical (unpaired) electrons. The summed E-state index contributed by atoms with van der Waals surface area (Å²) in [5.74, 6) is 0.935. The molecule has 0 spiro atoms. The smallest absolute Gasteiger partial charge is 0.168 e. The summed E-state index contributed by atoms with van der Waals surface area (Å²) in [7, 11) is 0. The van der Waals surface area contributed by atoms with Crippen LogP contribution in [0.5, 0.6) is 0 Å². The van der Waals surface area contributed by atoms with Gasteiger partial charge in [-0.1, -0.05) is 72.8 Å². The van der Waals surface area contributed by atoms with E-state index in [4.69, 9.17) is 0 Å². The first kappa shape index (κ1) is 18.8. The van der Waals surface area contributed by atoms with Gasteiger partial charge in [-0.05, 0) is 24.3 Å². The molecule has 0 saturated heterocycles. The van der Waals surface area contributed by atoms with Crippen LogP contribution < -0.4 is 0 Å². The van der Waals surface area contributed by atoms with Gasteiger partial charge < -0.3 is 0 Å². The predicted molar refractivity (Wildman–Crippen MR) is 125 cm³/mol. The van der Waals surface area contributed by atoms with E-state index in [9.17, 15) is 4.79 Å². The molecule has 2 aromatic heterocycles. The normalized spacial score (nSPS) is 12.3. The Kier molecular flexibility index (Phi) is 5.03. The van der Waals surface area contributed by atoms with Gasteiger partial charge in [0.25, 0.3) is 0 Å². The Morgan fingerprint density at radius 2 is 1.39 bits per heavy atom. The van der Waals surface area contributed by atoms with Gasteiger partial charge in [-0.2, -0.15) is 0 Å². The molecule has 1 aliphatic carbocycles. The van der Waals surface area contributed by atoms with Crippen molar-refractivity contribution in [1.82, 2.24) is 15.0 Å². The Morgan fingerprint density at radius 3 is 2.19 bits per heavy atom. The summed E-state index contributed by atoms with van der Waals surface area (Å²) in [6, 6.07) is 27.8. The summed E-state index contributed by atoms with van der Waals surface area (Å²) in [6.07, 6.45) is 6.15. The number of carbonyl (C=O) groups excluding carboxylic acids is 1. The van der Waals surface area contributed by atoms with E-state index in [1.54, 1.807) is 0 Å². The number of fused-ring (bicyclic) bond motifs is 3. The standard InChI is InChI=1S/C14H10N2.C13H9NO/c1-2-6-11(7-3-1)14-15-10-12-8-4-5-9-13(12)16-14;15-13-7-3-6-12-10(13)8-9-4-1-2-5-11(9)14-12/h1-10H;1-6,8H,7H2. The van der Waals surface area contributed by atoms with Crippen LogP contribution in [0, 0.1) is 0 Å². The molecule has 0 fully saturated rings. The van der Waals surface area contributed by atoms with Crippen molar-refractivity contribution in [3.05, 3.63) is 108 Å². The number of Topliss-reactive ketones (excluding diaryl/α,β-unsaturated/α-hetero) is 1. The maximum atomic E-state index is 11.6. The maximum absolute atomic E-state index is 11.6. The number of benzene rings is 3. The highest BCUT2D eigenvalue weighted by Gasteiger charge is 2.14. The number of hydrogen-bond acceptors (Lipinski definition) is 4. The fraction of sp³-hybridized carbons (Fsp3) is 0.0370. The van der Waals surface area contributed by atoms with Crippen molar-refractivity contribution in [2.24, 2.45) is 0 Å². The summed E-state index contributed by atoms with van der Waals surface area (Å²) < 4.78 is 0. The van der Waals surface area contributed by atoms with Gasteiger partial charge in [0, 0.05) is 34.5 Å². The van der Waals surface area contributed by atoms with Gasteiger partial charge in [0.2, 0.25) is 0 Å². The van der Waals surface area contributed by atoms with E-state index in [0.717, 1.165) is 44.5 Å². The van der Waals surface area contributed by atoms with Crippen LogP contribution in [-0.2, 0) is 0 Å². The van der Waals surface area contributed by atoms with Crippen LogP contribution in [0.2, 0.25) is 0 Å². The number of para-hydroxylation sites is 2.